The summed E-state index contributed by atoms with van der Waals surface area (Å²) in [6.45, 7) is 0.702. The van der Waals surface area contributed by atoms with Crippen molar-refractivity contribution in [1.82, 2.24) is 19.9 Å². The molecule has 0 bridgehead atoms. The van der Waals surface area contributed by atoms with Crippen LogP contribution in [0.5, 0.6) is 0 Å². The summed E-state index contributed by atoms with van der Waals surface area (Å²) in [4.78, 5) is 34.1. The van der Waals surface area contributed by atoms with Crippen molar-refractivity contribution >= 4 is 33.3 Å². The fraction of sp³-hybridized carbons (Fsp3) is 0.421. The summed E-state index contributed by atoms with van der Waals surface area (Å²) in [5.41, 5.74) is 1.93. The van der Waals surface area contributed by atoms with Crippen molar-refractivity contribution in [3.05, 3.63) is 29.0 Å². The molecule has 1 atom stereocenters. The summed E-state index contributed by atoms with van der Waals surface area (Å²) in [5.74, 6) is 0.481. The van der Waals surface area contributed by atoms with Gasteiger partial charge in [-0.3, -0.25) is 4.98 Å². The van der Waals surface area contributed by atoms with Gasteiger partial charge in [0.15, 0.2) is 5.82 Å². The van der Waals surface area contributed by atoms with Gasteiger partial charge in [0.25, 0.3) is 0 Å². The first-order valence-electron chi connectivity index (χ1n) is 9.30. The SMILES string of the molecule is O=C(O)[C@H]1CCCN1c1nc(-c2cnccn2)nc2sc3c(c12)CCCC3. The number of carboxylic acid groups (broad SMARTS) is 1. The van der Waals surface area contributed by atoms with E-state index in [4.69, 9.17) is 9.97 Å². The van der Waals surface area contributed by atoms with Gasteiger partial charge in [0, 0.05) is 23.8 Å². The summed E-state index contributed by atoms with van der Waals surface area (Å²) in [6, 6.07) is -0.531. The number of anilines is 1. The van der Waals surface area contributed by atoms with Gasteiger partial charge in [0.2, 0.25) is 0 Å². The Bertz CT molecular complexity index is 1020. The molecule has 0 aromatic carbocycles. The number of hydrogen-bond acceptors (Lipinski definition) is 7. The largest absolute Gasteiger partial charge is 0.480 e. The number of aromatic nitrogens is 4. The Morgan fingerprint density at radius 3 is 2.89 bits per heavy atom. The molecule has 3 aromatic rings. The van der Waals surface area contributed by atoms with Crippen molar-refractivity contribution < 1.29 is 9.90 Å². The number of rotatable bonds is 3. The third-order valence-corrected chi connectivity index (χ3v) is 6.58. The standard InChI is InChI=1S/C19H19N5O2S/c25-19(26)13-5-3-9-24(13)17-15-11-4-1-2-6-14(11)27-18(15)23-16(22-17)12-10-20-7-8-21-12/h7-8,10,13H,1-6,9H2,(H,25,26)/t13-/m1/s1. The molecule has 0 unspecified atom stereocenters. The third kappa shape index (κ3) is 2.75. The molecule has 7 nitrogen and oxygen atoms in total. The molecule has 2 aliphatic rings. The number of nitrogens with zero attached hydrogens (tertiary/aromatic N) is 5. The van der Waals surface area contributed by atoms with Crippen LogP contribution in [0.4, 0.5) is 5.82 Å². The topological polar surface area (TPSA) is 92.1 Å². The molecule has 1 N–H and O–H groups in total. The average Bonchev–Trinajstić information content (AvgIpc) is 3.32. The van der Waals surface area contributed by atoms with E-state index in [9.17, 15) is 9.90 Å². The van der Waals surface area contributed by atoms with E-state index in [2.05, 4.69) is 9.97 Å². The van der Waals surface area contributed by atoms with E-state index in [-0.39, 0.29) is 0 Å². The highest BCUT2D eigenvalue weighted by Gasteiger charge is 2.34. The number of carbonyl (C=O) groups is 1. The van der Waals surface area contributed by atoms with E-state index < -0.39 is 12.0 Å². The predicted octanol–water partition coefficient (Wildman–Crippen LogP) is 3.08. The Hall–Kier alpha value is -2.61. The molecule has 0 saturated carbocycles. The zero-order valence-electron chi connectivity index (χ0n) is 14.8. The second-order valence-electron chi connectivity index (χ2n) is 7.04. The van der Waals surface area contributed by atoms with E-state index in [1.807, 2.05) is 4.90 Å². The molecule has 8 heteroatoms. The van der Waals surface area contributed by atoms with Crippen molar-refractivity contribution in [3.8, 4) is 11.5 Å². The number of fused-ring (bicyclic) bond motifs is 3. The number of aryl methyl sites for hydroxylation is 2. The second-order valence-corrected chi connectivity index (χ2v) is 8.13. The van der Waals surface area contributed by atoms with Crippen molar-refractivity contribution in [3.63, 3.8) is 0 Å². The molecule has 4 heterocycles. The van der Waals surface area contributed by atoms with Crippen LogP contribution in [0.15, 0.2) is 18.6 Å². The first-order chi connectivity index (χ1) is 13.2. The van der Waals surface area contributed by atoms with Crippen LogP contribution in [-0.2, 0) is 17.6 Å². The van der Waals surface area contributed by atoms with Crippen molar-refractivity contribution in [1.29, 1.82) is 0 Å². The van der Waals surface area contributed by atoms with Gasteiger partial charge in [0.1, 0.15) is 22.4 Å². The lowest BCUT2D eigenvalue weighted by Gasteiger charge is -2.24. The van der Waals surface area contributed by atoms with Crippen molar-refractivity contribution in [2.24, 2.45) is 0 Å². The van der Waals surface area contributed by atoms with Gasteiger partial charge in [-0.25, -0.2) is 19.7 Å². The lowest BCUT2D eigenvalue weighted by Crippen LogP contribution is -2.36. The lowest BCUT2D eigenvalue weighted by molar-refractivity contribution is -0.138. The molecule has 3 aromatic heterocycles. The smallest absolute Gasteiger partial charge is 0.326 e. The van der Waals surface area contributed by atoms with Crippen molar-refractivity contribution in [2.75, 3.05) is 11.4 Å². The minimum atomic E-state index is -0.788. The Labute approximate surface area is 160 Å². The van der Waals surface area contributed by atoms with Gasteiger partial charge in [-0.1, -0.05) is 0 Å². The summed E-state index contributed by atoms with van der Waals surface area (Å²) >= 11 is 1.72. The Morgan fingerprint density at radius 1 is 1.19 bits per heavy atom. The quantitative estimate of drug-likeness (QED) is 0.745. The summed E-state index contributed by atoms with van der Waals surface area (Å²) < 4.78 is 0. The molecule has 5 rings (SSSR count). The fourth-order valence-corrected chi connectivity index (χ4v) is 5.41. The van der Waals surface area contributed by atoms with Gasteiger partial charge in [-0.2, -0.15) is 0 Å². The van der Waals surface area contributed by atoms with Gasteiger partial charge < -0.3 is 10.0 Å². The van der Waals surface area contributed by atoms with Gasteiger partial charge in [0.05, 0.1) is 11.6 Å². The molecule has 138 valence electrons. The molecule has 27 heavy (non-hydrogen) atoms. The minimum absolute atomic E-state index is 0.514. The molecular formula is C19H19N5O2S. The normalized spacial score (nSPS) is 19.4. The molecule has 0 radical (unpaired) electrons. The highest BCUT2D eigenvalue weighted by molar-refractivity contribution is 7.19. The van der Waals surface area contributed by atoms with Crippen LogP contribution >= 0.6 is 11.3 Å². The minimum Gasteiger partial charge on any atom is -0.480 e. The maximum atomic E-state index is 11.8. The van der Waals surface area contributed by atoms with E-state index >= 15 is 0 Å². The van der Waals surface area contributed by atoms with Crippen LogP contribution < -0.4 is 4.90 Å². The highest BCUT2D eigenvalue weighted by atomic mass is 32.1. The Morgan fingerprint density at radius 2 is 2.07 bits per heavy atom. The highest BCUT2D eigenvalue weighted by Crippen LogP contribution is 2.42. The van der Waals surface area contributed by atoms with Crippen molar-refractivity contribution in [2.45, 2.75) is 44.6 Å². The molecule has 0 amide bonds. The Balaban J connectivity index is 1.75. The van der Waals surface area contributed by atoms with Crippen LogP contribution in [0.1, 0.15) is 36.1 Å². The number of carboxylic acids is 1. The first kappa shape index (κ1) is 16.6. The van der Waals surface area contributed by atoms with Gasteiger partial charge in [-0.05, 0) is 44.1 Å². The number of thiophene rings is 1. The fourth-order valence-electron chi connectivity index (χ4n) is 4.15. The van der Waals surface area contributed by atoms with E-state index in [0.29, 0.717) is 24.5 Å². The van der Waals surface area contributed by atoms with E-state index in [1.165, 1.54) is 16.9 Å². The molecule has 1 fully saturated rings. The molecular weight excluding hydrogens is 362 g/mol. The lowest BCUT2D eigenvalue weighted by atomic mass is 9.97. The number of aliphatic carboxylic acids is 1. The zero-order valence-corrected chi connectivity index (χ0v) is 15.6. The van der Waals surface area contributed by atoms with E-state index in [1.54, 1.807) is 29.9 Å². The second kappa shape index (κ2) is 6.53. The van der Waals surface area contributed by atoms with E-state index in [0.717, 1.165) is 41.7 Å². The number of hydrogen-bond donors (Lipinski definition) is 1. The Kier molecular flexibility index (Phi) is 4.00. The van der Waals surface area contributed by atoms with Gasteiger partial charge in [-0.15, -0.1) is 11.3 Å². The summed E-state index contributed by atoms with van der Waals surface area (Å²) in [7, 11) is 0. The molecule has 1 saturated heterocycles. The third-order valence-electron chi connectivity index (χ3n) is 5.40. The maximum Gasteiger partial charge on any atom is 0.326 e. The van der Waals surface area contributed by atoms with Crippen LogP contribution in [0.25, 0.3) is 21.7 Å². The monoisotopic (exact) mass is 381 g/mol. The van der Waals surface area contributed by atoms with Gasteiger partial charge >= 0.3 is 5.97 Å². The molecule has 1 aliphatic heterocycles. The van der Waals surface area contributed by atoms with Crippen LogP contribution in [0.2, 0.25) is 0 Å². The zero-order chi connectivity index (χ0) is 18.4. The molecule has 0 spiro atoms. The molecule has 1 aliphatic carbocycles. The van der Waals surface area contributed by atoms with Crippen LogP contribution in [0, 0.1) is 0 Å². The van der Waals surface area contributed by atoms with Crippen LogP contribution in [0.3, 0.4) is 0 Å². The summed E-state index contributed by atoms with van der Waals surface area (Å²) in [5, 5.41) is 10.7. The van der Waals surface area contributed by atoms with Crippen LogP contribution in [-0.4, -0.2) is 43.6 Å². The first-order valence-corrected chi connectivity index (χ1v) is 10.1. The predicted molar refractivity (Wildman–Crippen MR) is 103 cm³/mol. The maximum absolute atomic E-state index is 11.8. The summed E-state index contributed by atoms with van der Waals surface area (Å²) in [6.07, 6.45) is 10.8. The average molecular weight is 381 g/mol.